The lowest BCUT2D eigenvalue weighted by Crippen LogP contribution is -2.04. The molecule has 100 valence electrons. The van der Waals surface area contributed by atoms with Crippen LogP contribution >= 0.6 is 27.5 Å². The maximum absolute atomic E-state index is 13.4. The molecule has 3 nitrogen and oxygen atoms in total. The number of hydrogen-bond acceptors (Lipinski definition) is 3. The van der Waals surface area contributed by atoms with Gasteiger partial charge < -0.3 is 10.5 Å². The highest BCUT2D eigenvalue weighted by molar-refractivity contribution is 9.10. The molecule has 6 heteroatoms. The summed E-state index contributed by atoms with van der Waals surface area (Å²) in [6.07, 6.45) is 1.62. The Hall–Kier alpha value is -1.17. The van der Waals surface area contributed by atoms with Crippen molar-refractivity contribution in [3.63, 3.8) is 0 Å². The zero-order valence-corrected chi connectivity index (χ0v) is 12.4. The molecule has 1 heterocycles. The van der Waals surface area contributed by atoms with E-state index in [1.807, 2.05) is 13.0 Å². The van der Waals surface area contributed by atoms with Gasteiger partial charge in [0.15, 0.2) is 0 Å². The van der Waals surface area contributed by atoms with Gasteiger partial charge in [0.25, 0.3) is 0 Å². The number of hydrogen-bond donors (Lipinski definition) is 1. The minimum atomic E-state index is -0.554. The first-order valence-electron chi connectivity index (χ1n) is 5.50. The molecule has 0 aliphatic carbocycles. The zero-order valence-electron chi connectivity index (χ0n) is 10.1. The highest BCUT2D eigenvalue weighted by atomic mass is 79.9. The molecule has 0 aliphatic rings. The van der Waals surface area contributed by atoms with Crippen LogP contribution in [0.1, 0.15) is 11.1 Å². The second kappa shape index (κ2) is 5.86. The molecule has 19 heavy (non-hydrogen) atoms. The smallest absolute Gasteiger partial charge is 0.224 e. The lowest BCUT2D eigenvalue weighted by Gasteiger charge is -2.12. The summed E-state index contributed by atoms with van der Waals surface area (Å²) in [6, 6.07) is 4.48. The summed E-state index contributed by atoms with van der Waals surface area (Å²) < 4.78 is 19.6. The van der Waals surface area contributed by atoms with E-state index in [2.05, 4.69) is 20.9 Å². The van der Waals surface area contributed by atoms with Crippen molar-refractivity contribution in [2.45, 2.75) is 13.5 Å². The number of pyridine rings is 1. The average Bonchev–Trinajstić information content (AvgIpc) is 2.36. The van der Waals surface area contributed by atoms with Gasteiger partial charge >= 0.3 is 0 Å². The summed E-state index contributed by atoms with van der Waals surface area (Å²) in [5.41, 5.74) is 7.42. The van der Waals surface area contributed by atoms with E-state index in [4.69, 9.17) is 22.1 Å². The van der Waals surface area contributed by atoms with Crippen LogP contribution in [0.5, 0.6) is 11.6 Å². The first-order valence-corrected chi connectivity index (χ1v) is 6.67. The number of nitrogens with zero attached hydrogens (tertiary/aromatic N) is 1. The minimum Gasteiger partial charge on any atom is -0.437 e. The van der Waals surface area contributed by atoms with Crippen LogP contribution in [0.15, 0.2) is 28.9 Å². The molecule has 0 aliphatic heterocycles. The number of ether oxygens (including phenoxy) is 1. The maximum Gasteiger partial charge on any atom is 0.224 e. The van der Waals surface area contributed by atoms with Gasteiger partial charge in [0.1, 0.15) is 11.6 Å². The van der Waals surface area contributed by atoms with Crippen LogP contribution in [0.2, 0.25) is 5.02 Å². The van der Waals surface area contributed by atoms with Crippen LogP contribution in [-0.4, -0.2) is 4.98 Å². The van der Waals surface area contributed by atoms with Crippen molar-refractivity contribution < 1.29 is 9.13 Å². The molecule has 0 unspecified atom stereocenters. The number of halogens is 3. The number of rotatable bonds is 3. The zero-order chi connectivity index (χ0) is 14.0. The summed E-state index contributed by atoms with van der Waals surface area (Å²) in [6.45, 7) is 2.21. The van der Waals surface area contributed by atoms with Crippen molar-refractivity contribution in [2.24, 2.45) is 5.73 Å². The van der Waals surface area contributed by atoms with Gasteiger partial charge in [-0.05, 0) is 40.5 Å². The van der Waals surface area contributed by atoms with Crippen molar-refractivity contribution in [2.75, 3.05) is 0 Å². The third-order valence-corrected chi connectivity index (χ3v) is 3.55. The number of nitrogens with two attached hydrogens (primary N) is 1. The molecule has 0 amide bonds. The normalized spacial score (nSPS) is 10.6. The number of benzene rings is 1. The molecular weight excluding hydrogens is 335 g/mol. The van der Waals surface area contributed by atoms with E-state index in [0.29, 0.717) is 22.6 Å². The quantitative estimate of drug-likeness (QED) is 0.848. The molecule has 0 atom stereocenters. The SMILES string of the molecule is Cc1ccnc(Oc2cc(F)c(Cl)cc2Br)c1CN. The van der Waals surface area contributed by atoms with Crippen molar-refractivity contribution in [3.05, 3.63) is 50.8 Å². The lowest BCUT2D eigenvalue weighted by atomic mass is 10.1. The van der Waals surface area contributed by atoms with Gasteiger partial charge in [-0.25, -0.2) is 9.37 Å². The van der Waals surface area contributed by atoms with Crippen LogP contribution in [0, 0.1) is 12.7 Å². The van der Waals surface area contributed by atoms with Crippen molar-refractivity contribution in [3.8, 4) is 11.6 Å². The predicted octanol–water partition coefficient (Wildman–Crippen LogP) is 4.20. The maximum atomic E-state index is 13.4. The van der Waals surface area contributed by atoms with E-state index in [0.717, 1.165) is 11.1 Å². The van der Waals surface area contributed by atoms with Gasteiger partial charge in [0.2, 0.25) is 5.88 Å². The summed E-state index contributed by atoms with van der Waals surface area (Å²) in [5.74, 6) is 0.112. The van der Waals surface area contributed by atoms with E-state index < -0.39 is 5.82 Å². The fourth-order valence-corrected chi connectivity index (χ4v) is 2.31. The highest BCUT2D eigenvalue weighted by Crippen LogP contribution is 2.34. The number of aryl methyl sites for hydroxylation is 1. The predicted molar refractivity (Wildman–Crippen MR) is 76.0 cm³/mol. The van der Waals surface area contributed by atoms with E-state index >= 15 is 0 Å². The van der Waals surface area contributed by atoms with Gasteiger partial charge in [0.05, 0.1) is 9.50 Å². The Morgan fingerprint density at radius 2 is 2.21 bits per heavy atom. The molecule has 0 saturated heterocycles. The van der Waals surface area contributed by atoms with E-state index in [1.165, 1.54) is 12.1 Å². The molecule has 0 saturated carbocycles. The minimum absolute atomic E-state index is 0.0236. The highest BCUT2D eigenvalue weighted by Gasteiger charge is 2.12. The monoisotopic (exact) mass is 344 g/mol. The first kappa shape index (κ1) is 14.2. The third kappa shape index (κ3) is 3.05. The van der Waals surface area contributed by atoms with E-state index in [1.54, 1.807) is 6.20 Å². The third-order valence-electron chi connectivity index (χ3n) is 2.64. The van der Waals surface area contributed by atoms with Crippen LogP contribution in [0.3, 0.4) is 0 Å². The van der Waals surface area contributed by atoms with Crippen molar-refractivity contribution in [1.29, 1.82) is 0 Å². The summed E-state index contributed by atoms with van der Waals surface area (Å²) >= 11 is 8.95. The Morgan fingerprint density at radius 1 is 1.47 bits per heavy atom. The standard InChI is InChI=1S/C13H11BrClFN2O/c1-7-2-3-18-13(8(7)6-17)19-12-5-11(16)10(15)4-9(12)14/h2-5H,6,17H2,1H3. The summed E-state index contributed by atoms with van der Waals surface area (Å²) in [4.78, 5) is 4.12. The van der Waals surface area contributed by atoms with Gasteiger partial charge in [0, 0.05) is 24.4 Å². The van der Waals surface area contributed by atoms with E-state index in [9.17, 15) is 4.39 Å². The van der Waals surface area contributed by atoms with Crippen LogP contribution in [0.25, 0.3) is 0 Å². The van der Waals surface area contributed by atoms with Crippen molar-refractivity contribution >= 4 is 27.5 Å². The Kier molecular flexibility index (Phi) is 4.39. The Balaban J connectivity index is 2.42. The number of aromatic nitrogens is 1. The summed E-state index contributed by atoms with van der Waals surface area (Å²) in [7, 11) is 0. The molecule has 0 radical (unpaired) electrons. The van der Waals surface area contributed by atoms with Crippen LogP contribution in [-0.2, 0) is 6.54 Å². The fraction of sp³-hybridized carbons (Fsp3) is 0.154. The topological polar surface area (TPSA) is 48.1 Å². The van der Waals surface area contributed by atoms with Gasteiger partial charge in [-0.3, -0.25) is 0 Å². The molecule has 2 aromatic rings. The molecule has 0 spiro atoms. The molecule has 2 N–H and O–H groups in total. The van der Waals surface area contributed by atoms with Crippen molar-refractivity contribution in [1.82, 2.24) is 4.98 Å². The molecule has 0 fully saturated rings. The fourth-order valence-electron chi connectivity index (χ4n) is 1.59. The largest absolute Gasteiger partial charge is 0.437 e. The Bertz CT molecular complexity index is 622. The average molecular weight is 346 g/mol. The second-order valence-electron chi connectivity index (χ2n) is 3.91. The molecule has 0 bridgehead atoms. The summed E-state index contributed by atoms with van der Waals surface area (Å²) in [5, 5.41) is 0.0236. The first-order chi connectivity index (χ1) is 9.02. The molecular formula is C13H11BrClFN2O. The van der Waals surface area contributed by atoms with Gasteiger partial charge in [-0.2, -0.15) is 0 Å². The van der Waals surface area contributed by atoms with E-state index in [-0.39, 0.29) is 5.02 Å². The lowest BCUT2D eigenvalue weighted by molar-refractivity contribution is 0.448. The Labute approximate surface area is 123 Å². The Morgan fingerprint density at radius 3 is 2.89 bits per heavy atom. The van der Waals surface area contributed by atoms with Gasteiger partial charge in [-0.1, -0.05) is 11.6 Å². The second-order valence-corrected chi connectivity index (χ2v) is 5.18. The van der Waals surface area contributed by atoms with Gasteiger partial charge in [-0.15, -0.1) is 0 Å². The molecule has 1 aromatic carbocycles. The molecule has 2 rings (SSSR count). The molecule has 1 aromatic heterocycles. The van der Waals surface area contributed by atoms with Crippen LogP contribution < -0.4 is 10.5 Å². The van der Waals surface area contributed by atoms with Crippen LogP contribution in [0.4, 0.5) is 4.39 Å².